The lowest BCUT2D eigenvalue weighted by Gasteiger charge is -2.06. The first-order valence-electron chi connectivity index (χ1n) is 3.64. The molecule has 0 radical (unpaired) electrons. The van der Waals surface area contributed by atoms with Gasteiger partial charge in [-0.05, 0) is 37.1 Å². The van der Waals surface area contributed by atoms with Crippen molar-refractivity contribution in [2.75, 3.05) is 5.73 Å². The highest BCUT2D eigenvalue weighted by Crippen LogP contribution is 2.24. The number of nitrogen functional groups attached to an aromatic ring is 1. The van der Waals surface area contributed by atoms with Crippen molar-refractivity contribution in [3.05, 3.63) is 23.3 Å². The van der Waals surface area contributed by atoms with Gasteiger partial charge < -0.3 is 5.73 Å². The number of benzene rings is 1. The van der Waals surface area contributed by atoms with E-state index in [1.165, 1.54) is 26.0 Å². The van der Waals surface area contributed by atoms with Crippen LogP contribution >= 0.6 is 0 Å². The number of rotatable bonds is 1. The molecule has 0 aliphatic rings. The van der Waals surface area contributed by atoms with Crippen LogP contribution < -0.4 is 5.73 Å². The molecule has 0 atom stereocenters. The van der Waals surface area contributed by atoms with Gasteiger partial charge in [-0.1, -0.05) is 0 Å². The summed E-state index contributed by atoms with van der Waals surface area (Å²) in [5.41, 5.74) is 6.55. The summed E-state index contributed by atoms with van der Waals surface area (Å²) in [7, 11) is -4.64. The molecule has 13 heavy (non-hydrogen) atoms. The largest absolute Gasteiger partial charge is 0.399 e. The Morgan fingerprint density at radius 2 is 1.62 bits per heavy atom. The zero-order valence-corrected chi connectivity index (χ0v) is 8.15. The molecule has 0 aromatic heterocycles. The molecule has 1 aromatic carbocycles. The Balaban J connectivity index is 3.57. The van der Waals surface area contributed by atoms with Gasteiger partial charge in [-0.15, -0.1) is 3.89 Å². The molecule has 5 heteroatoms. The van der Waals surface area contributed by atoms with Crippen molar-refractivity contribution in [2.45, 2.75) is 18.7 Å². The van der Waals surface area contributed by atoms with Crippen molar-refractivity contribution in [1.29, 1.82) is 0 Å². The summed E-state index contributed by atoms with van der Waals surface area (Å²) < 4.78 is 34.1. The summed E-state index contributed by atoms with van der Waals surface area (Å²) >= 11 is 0. The van der Waals surface area contributed by atoms with Gasteiger partial charge in [-0.25, -0.2) is 0 Å². The van der Waals surface area contributed by atoms with Gasteiger partial charge in [-0.3, -0.25) is 0 Å². The summed E-state index contributed by atoms with van der Waals surface area (Å²) in [6, 6.07) is 2.86. The molecule has 0 aliphatic heterocycles. The highest BCUT2D eigenvalue weighted by atomic mass is 32.3. The third-order valence-corrected chi connectivity index (χ3v) is 2.86. The second kappa shape index (κ2) is 2.99. The molecule has 0 fully saturated rings. The molecule has 0 heterocycles. The second-order valence-corrected chi connectivity index (χ2v) is 4.21. The molecule has 0 unspecified atom stereocenters. The monoisotopic (exact) mass is 203 g/mol. The van der Waals surface area contributed by atoms with Crippen LogP contribution in [0.1, 0.15) is 11.1 Å². The first-order chi connectivity index (χ1) is 5.82. The maximum Gasteiger partial charge on any atom is 0.332 e. The van der Waals surface area contributed by atoms with E-state index in [1.54, 1.807) is 0 Å². The first kappa shape index (κ1) is 9.98. The summed E-state index contributed by atoms with van der Waals surface area (Å²) in [5, 5.41) is 0. The highest BCUT2D eigenvalue weighted by molar-refractivity contribution is 7.86. The standard InChI is InChI=1S/C8H10FNO2S/c1-5-3-7(10)4-6(2)8(5)13(9,11)12/h3-4H,10H2,1-2H3. The third kappa shape index (κ3) is 1.98. The number of hydrogen-bond donors (Lipinski definition) is 1. The van der Waals surface area contributed by atoms with Crippen LogP contribution in [0, 0.1) is 13.8 Å². The summed E-state index contributed by atoms with van der Waals surface area (Å²) in [6.45, 7) is 3.02. The van der Waals surface area contributed by atoms with E-state index in [0.717, 1.165) is 0 Å². The molecule has 0 saturated heterocycles. The lowest BCUT2D eigenvalue weighted by molar-refractivity contribution is 0.550. The fraction of sp³-hybridized carbons (Fsp3) is 0.250. The van der Waals surface area contributed by atoms with Gasteiger partial charge in [-0.2, -0.15) is 8.42 Å². The van der Waals surface area contributed by atoms with Gasteiger partial charge in [0.2, 0.25) is 0 Å². The SMILES string of the molecule is Cc1cc(N)cc(C)c1S(=O)(=O)F. The normalized spacial score (nSPS) is 11.6. The Bertz CT molecular complexity index is 416. The van der Waals surface area contributed by atoms with Crippen LogP contribution in [-0.2, 0) is 10.2 Å². The van der Waals surface area contributed by atoms with Crippen LogP contribution in [0.5, 0.6) is 0 Å². The number of halogens is 1. The fourth-order valence-electron chi connectivity index (χ4n) is 1.37. The van der Waals surface area contributed by atoms with E-state index in [-0.39, 0.29) is 4.90 Å². The average molecular weight is 203 g/mol. The van der Waals surface area contributed by atoms with Gasteiger partial charge in [0.1, 0.15) is 4.90 Å². The van der Waals surface area contributed by atoms with Crippen molar-refractivity contribution in [1.82, 2.24) is 0 Å². The minimum Gasteiger partial charge on any atom is -0.399 e. The topological polar surface area (TPSA) is 60.2 Å². The van der Waals surface area contributed by atoms with Gasteiger partial charge >= 0.3 is 10.2 Å². The van der Waals surface area contributed by atoms with Crippen molar-refractivity contribution < 1.29 is 12.3 Å². The molecule has 0 amide bonds. The second-order valence-electron chi connectivity index (χ2n) is 2.92. The quantitative estimate of drug-likeness (QED) is 0.556. The fourth-order valence-corrected chi connectivity index (χ4v) is 2.26. The molecule has 0 saturated carbocycles. The minimum atomic E-state index is -4.64. The zero-order chi connectivity index (χ0) is 10.2. The molecular formula is C8H10FNO2S. The van der Waals surface area contributed by atoms with Gasteiger partial charge in [0.15, 0.2) is 0 Å². The zero-order valence-electron chi connectivity index (χ0n) is 7.33. The van der Waals surface area contributed by atoms with Crippen LogP contribution in [0.4, 0.5) is 9.57 Å². The third-order valence-electron chi connectivity index (χ3n) is 1.73. The molecular weight excluding hydrogens is 193 g/mol. The van der Waals surface area contributed by atoms with Gasteiger partial charge in [0.05, 0.1) is 0 Å². The Labute approximate surface area is 76.6 Å². The molecule has 0 aliphatic carbocycles. The van der Waals surface area contributed by atoms with Crippen LogP contribution in [0.2, 0.25) is 0 Å². The molecule has 0 bridgehead atoms. The Hall–Kier alpha value is -1.10. The van der Waals surface area contributed by atoms with Crippen LogP contribution in [0.25, 0.3) is 0 Å². The molecule has 1 aromatic rings. The van der Waals surface area contributed by atoms with Crippen LogP contribution in [-0.4, -0.2) is 8.42 Å². The molecule has 3 nitrogen and oxygen atoms in total. The smallest absolute Gasteiger partial charge is 0.332 e. The van der Waals surface area contributed by atoms with Crippen LogP contribution in [0.3, 0.4) is 0 Å². The predicted octanol–water partition coefficient (Wildman–Crippen LogP) is 1.54. The van der Waals surface area contributed by atoms with Crippen molar-refractivity contribution in [2.24, 2.45) is 0 Å². The van der Waals surface area contributed by atoms with E-state index in [2.05, 4.69) is 0 Å². The lowest BCUT2D eigenvalue weighted by Crippen LogP contribution is -2.00. The summed E-state index contributed by atoms with van der Waals surface area (Å²) in [5.74, 6) is 0. The van der Waals surface area contributed by atoms with E-state index in [4.69, 9.17) is 5.73 Å². The number of aryl methyl sites for hydroxylation is 2. The Morgan fingerprint density at radius 1 is 1.23 bits per heavy atom. The summed E-state index contributed by atoms with van der Waals surface area (Å²) in [6.07, 6.45) is 0. The van der Waals surface area contributed by atoms with Crippen molar-refractivity contribution in [3.63, 3.8) is 0 Å². The lowest BCUT2D eigenvalue weighted by atomic mass is 10.1. The van der Waals surface area contributed by atoms with E-state index in [1.807, 2.05) is 0 Å². The molecule has 2 N–H and O–H groups in total. The number of hydrogen-bond acceptors (Lipinski definition) is 3. The molecule has 72 valence electrons. The van der Waals surface area contributed by atoms with E-state index >= 15 is 0 Å². The Morgan fingerprint density at radius 3 is 1.92 bits per heavy atom. The predicted molar refractivity (Wildman–Crippen MR) is 48.6 cm³/mol. The minimum absolute atomic E-state index is 0.276. The van der Waals surface area contributed by atoms with E-state index in [0.29, 0.717) is 16.8 Å². The molecule has 1 rings (SSSR count). The molecule has 0 spiro atoms. The van der Waals surface area contributed by atoms with E-state index < -0.39 is 10.2 Å². The van der Waals surface area contributed by atoms with Gasteiger partial charge in [0, 0.05) is 5.69 Å². The highest BCUT2D eigenvalue weighted by Gasteiger charge is 2.18. The first-order valence-corrected chi connectivity index (χ1v) is 5.02. The number of anilines is 1. The van der Waals surface area contributed by atoms with Gasteiger partial charge in [0.25, 0.3) is 0 Å². The van der Waals surface area contributed by atoms with E-state index in [9.17, 15) is 12.3 Å². The van der Waals surface area contributed by atoms with Crippen LogP contribution in [0.15, 0.2) is 17.0 Å². The van der Waals surface area contributed by atoms with Crippen molar-refractivity contribution in [3.8, 4) is 0 Å². The van der Waals surface area contributed by atoms with Crippen molar-refractivity contribution >= 4 is 15.9 Å². The maximum atomic E-state index is 12.7. The maximum absolute atomic E-state index is 12.7. The summed E-state index contributed by atoms with van der Waals surface area (Å²) in [4.78, 5) is -0.276. The average Bonchev–Trinajstić information content (AvgIpc) is 1.78. The number of nitrogens with two attached hydrogens (primary N) is 1. The Kier molecular flexibility index (Phi) is 2.30.